The van der Waals surface area contributed by atoms with Crippen LogP contribution in [0.2, 0.25) is 0 Å². The zero-order valence-electron chi connectivity index (χ0n) is 8.82. The predicted molar refractivity (Wildman–Crippen MR) is 58.3 cm³/mol. The van der Waals surface area contributed by atoms with Crippen LogP contribution in [0.5, 0.6) is 0 Å². The third-order valence-electron chi connectivity index (χ3n) is 2.32. The fourth-order valence-electron chi connectivity index (χ4n) is 1.57. The lowest BCUT2D eigenvalue weighted by Gasteiger charge is -1.99. The first-order valence-corrected chi connectivity index (χ1v) is 4.88. The Kier molecular flexibility index (Phi) is 2.41. The summed E-state index contributed by atoms with van der Waals surface area (Å²) in [5.74, 6) is 0.397. The Bertz CT molecular complexity index is 476. The molecular weight excluding hydrogens is 190 g/mol. The van der Waals surface area contributed by atoms with Gasteiger partial charge >= 0.3 is 0 Å². The van der Waals surface area contributed by atoms with E-state index in [9.17, 15) is 0 Å². The van der Waals surface area contributed by atoms with Crippen molar-refractivity contribution in [2.45, 2.75) is 20.3 Å². The zero-order valence-corrected chi connectivity index (χ0v) is 8.82. The van der Waals surface area contributed by atoms with Crippen LogP contribution in [0.1, 0.15) is 18.1 Å². The molecule has 0 aliphatic heterocycles. The number of aromatic nitrogens is 2. The number of hydrogen-bond donors (Lipinski definition) is 1. The summed E-state index contributed by atoms with van der Waals surface area (Å²) in [4.78, 5) is 4.12. The summed E-state index contributed by atoms with van der Waals surface area (Å²) < 4.78 is 4.98. The molecular formula is C11H13N3O. The minimum atomic E-state index is 0.397. The van der Waals surface area contributed by atoms with Crippen LogP contribution in [0.25, 0.3) is 11.3 Å². The van der Waals surface area contributed by atoms with Crippen molar-refractivity contribution in [1.82, 2.24) is 10.1 Å². The topological polar surface area (TPSA) is 64.9 Å². The molecule has 2 heterocycles. The minimum Gasteiger partial charge on any atom is -0.367 e. The van der Waals surface area contributed by atoms with E-state index in [0.29, 0.717) is 5.88 Å². The van der Waals surface area contributed by atoms with Crippen LogP contribution < -0.4 is 5.73 Å². The van der Waals surface area contributed by atoms with Crippen molar-refractivity contribution in [2.75, 3.05) is 5.73 Å². The first-order valence-electron chi connectivity index (χ1n) is 4.88. The fourth-order valence-corrected chi connectivity index (χ4v) is 1.57. The summed E-state index contributed by atoms with van der Waals surface area (Å²) in [6, 6.07) is 2.02. The molecule has 0 saturated carbocycles. The summed E-state index contributed by atoms with van der Waals surface area (Å²) in [5.41, 5.74) is 9.47. The number of hydrogen-bond acceptors (Lipinski definition) is 4. The quantitative estimate of drug-likeness (QED) is 0.812. The highest BCUT2D eigenvalue weighted by Crippen LogP contribution is 2.27. The maximum absolute atomic E-state index is 5.68. The van der Waals surface area contributed by atoms with E-state index in [-0.39, 0.29) is 0 Å². The van der Waals surface area contributed by atoms with Gasteiger partial charge in [0.25, 0.3) is 0 Å². The number of nitrogens with zero attached hydrogens (tertiary/aromatic N) is 2. The summed E-state index contributed by atoms with van der Waals surface area (Å²) in [5, 5.41) is 3.96. The lowest BCUT2D eigenvalue weighted by Crippen LogP contribution is -1.90. The maximum Gasteiger partial charge on any atom is 0.225 e. The normalized spacial score (nSPS) is 10.5. The molecule has 0 amide bonds. The summed E-state index contributed by atoms with van der Waals surface area (Å²) in [6.07, 6.45) is 4.38. The Morgan fingerprint density at radius 3 is 2.87 bits per heavy atom. The molecule has 0 unspecified atom stereocenters. The van der Waals surface area contributed by atoms with E-state index in [4.69, 9.17) is 10.3 Å². The highest BCUT2D eigenvalue weighted by molar-refractivity contribution is 5.66. The molecule has 0 radical (unpaired) electrons. The van der Waals surface area contributed by atoms with Crippen molar-refractivity contribution in [3.8, 4) is 11.3 Å². The summed E-state index contributed by atoms with van der Waals surface area (Å²) in [6.45, 7) is 4.02. The van der Waals surface area contributed by atoms with Gasteiger partial charge in [-0.2, -0.15) is 0 Å². The average Bonchev–Trinajstić information content (AvgIpc) is 2.59. The Labute approximate surface area is 88.1 Å². The molecule has 78 valence electrons. The second-order valence-corrected chi connectivity index (χ2v) is 3.48. The Morgan fingerprint density at radius 1 is 1.40 bits per heavy atom. The molecule has 4 nitrogen and oxygen atoms in total. The van der Waals surface area contributed by atoms with Gasteiger partial charge in [-0.25, -0.2) is 0 Å². The van der Waals surface area contributed by atoms with E-state index in [1.54, 1.807) is 12.4 Å². The molecule has 4 heteroatoms. The molecule has 2 rings (SSSR count). The number of nitrogens with two attached hydrogens (primary N) is 1. The number of aryl methyl sites for hydroxylation is 1. The van der Waals surface area contributed by atoms with E-state index in [2.05, 4.69) is 10.1 Å². The number of pyridine rings is 1. The van der Waals surface area contributed by atoms with Gasteiger partial charge in [0.2, 0.25) is 5.88 Å². The maximum atomic E-state index is 5.68. The van der Waals surface area contributed by atoms with Gasteiger partial charge in [-0.1, -0.05) is 12.1 Å². The van der Waals surface area contributed by atoms with E-state index in [1.165, 1.54) is 0 Å². The van der Waals surface area contributed by atoms with Gasteiger partial charge in [0, 0.05) is 23.5 Å². The van der Waals surface area contributed by atoms with Crippen molar-refractivity contribution in [3.63, 3.8) is 0 Å². The van der Waals surface area contributed by atoms with Crippen molar-refractivity contribution in [2.24, 2.45) is 0 Å². The van der Waals surface area contributed by atoms with Crippen LogP contribution in [0.4, 0.5) is 5.88 Å². The molecule has 0 aromatic carbocycles. The Balaban J connectivity index is 2.54. The van der Waals surface area contributed by atoms with Gasteiger partial charge in [-0.15, -0.1) is 0 Å². The van der Waals surface area contributed by atoms with Crippen LogP contribution in [-0.4, -0.2) is 10.1 Å². The molecule has 2 aromatic heterocycles. The van der Waals surface area contributed by atoms with Gasteiger partial charge in [0.1, 0.15) is 5.69 Å². The molecule has 0 spiro atoms. The largest absolute Gasteiger partial charge is 0.367 e. The van der Waals surface area contributed by atoms with Crippen LogP contribution in [0, 0.1) is 6.92 Å². The second kappa shape index (κ2) is 3.73. The van der Waals surface area contributed by atoms with Gasteiger partial charge < -0.3 is 10.3 Å². The number of anilines is 1. The standard InChI is InChI=1S/C11H13N3O/c1-3-9-10(14-15-11(9)12)8-4-7(2)5-13-6-8/h4-6H,3,12H2,1-2H3. The molecule has 0 bridgehead atoms. The third-order valence-corrected chi connectivity index (χ3v) is 2.32. The van der Waals surface area contributed by atoms with Gasteiger partial charge in [-0.3, -0.25) is 4.98 Å². The van der Waals surface area contributed by atoms with Crippen molar-refractivity contribution in [1.29, 1.82) is 0 Å². The SMILES string of the molecule is CCc1c(-c2cncc(C)c2)noc1N. The monoisotopic (exact) mass is 203 g/mol. The van der Waals surface area contributed by atoms with Crippen molar-refractivity contribution >= 4 is 5.88 Å². The molecule has 0 fully saturated rings. The number of nitrogen functional groups attached to an aromatic ring is 1. The predicted octanol–water partition coefficient (Wildman–Crippen LogP) is 2.19. The zero-order chi connectivity index (χ0) is 10.8. The number of rotatable bonds is 2. The van der Waals surface area contributed by atoms with Crippen LogP contribution in [0.3, 0.4) is 0 Å². The van der Waals surface area contributed by atoms with E-state index < -0.39 is 0 Å². The Hall–Kier alpha value is -1.84. The molecule has 0 atom stereocenters. The smallest absolute Gasteiger partial charge is 0.225 e. The first kappa shape index (κ1) is 9.71. The van der Waals surface area contributed by atoms with Crippen LogP contribution >= 0.6 is 0 Å². The van der Waals surface area contributed by atoms with Gasteiger partial charge in [0.05, 0.1) is 0 Å². The molecule has 15 heavy (non-hydrogen) atoms. The van der Waals surface area contributed by atoms with E-state index in [0.717, 1.165) is 28.8 Å². The van der Waals surface area contributed by atoms with Gasteiger partial charge in [0.15, 0.2) is 0 Å². The first-order chi connectivity index (χ1) is 7.22. The fraction of sp³-hybridized carbons (Fsp3) is 0.273. The Morgan fingerprint density at radius 2 is 2.20 bits per heavy atom. The van der Waals surface area contributed by atoms with E-state index >= 15 is 0 Å². The van der Waals surface area contributed by atoms with Crippen molar-refractivity contribution in [3.05, 3.63) is 29.6 Å². The van der Waals surface area contributed by atoms with Gasteiger partial charge in [-0.05, 0) is 25.0 Å². The molecule has 2 N–H and O–H groups in total. The highest BCUT2D eigenvalue weighted by atomic mass is 16.5. The second-order valence-electron chi connectivity index (χ2n) is 3.48. The molecule has 0 aliphatic carbocycles. The van der Waals surface area contributed by atoms with Crippen molar-refractivity contribution < 1.29 is 4.52 Å². The average molecular weight is 203 g/mol. The van der Waals surface area contributed by atoms with Crippen LogP contribution in [0.15, 0.2) is 23.0 Å². The third kappa shape index (κ3) is 1.70. The molecule has 0 saturated heterocycles. The lowest BCUT2D eigenvalue weighted by atomic mass is 10.1. The van der Waals surface area contributed by atoms with Crippen LogP contribution in [-0.2, 0) is 6.42 Å². The molecule has 0 aliphatic rings. The summed E-state index contributed by atoms with van der Waals surface area (Å²) in [7, 11) is 0. The highest BCUT2D eigenvalue weighted by Gasteiger charge is 2.13. The molecule has 2 aromatic rings. The van der Waals surface area contributed by atoms with E-state index in [1.807, 2.05) is 19.9 Å². The lowest BCUT2D eigenvalue weighted by molar-refractivity contribution is 0.438. The minimum absolute atomic E-state index is 0.397. The summed E-state index contributed by atoms with van der Waals surface area (Å²) >= 11 is 0.